The van der Waals surface area contributed by atoms with Crippen molar-refractivity contribution >= 4 is 26.0 Å². The first kappa shape index (κ1) is 15.9. The van der Waals surface area contributed by atoms with Crippen molar-refractivity contribution in [2.24, 2.45) is 0 Å². The number of halogens is 1. The zero-order valence-electron chi connectivity index (χ0n) is 11.6. The van der Waals surface area contributed by atoms with E-state index < -0.39 is 15.8 Å². The number of aryl methyl sites for hydroxylation is 1. The van der Waals surface area contributed by atoms with Crippen LogP contribution in [0.3, 0.4) is 0 Å². The molecule has 1 N–H and O–H groups in total. The molecule has 0 spiro atoms. The average Bonchev–Trinajstić information content (AvgIpc) is 2.66. The lowest BCUT2D eigenvalue weighted by atomic mass is 10.2. The van der Waals surface area contributed by atoms with Crippen molar-refractivity contribution in [3.05, 3.63) is 28.2 Å². The molecule has 1 saturated heterocycles. The Hall–Kier alpha value is -0.470. The van der Waals surface area contributed by atoms with E-state index in [1.54, 1.807) is 32.0 Å². The summed E-state index contributed by atoms with van der Waals surface area (Å²) in [5.41, 5.74) is 0.991. The molecule has 0 aromatic heterocycles. The topological polar surface area (TPSA) is 64.6 Å². The van der Waals surface area contributed by atoms with Crippen LogP contribution in [-0.4, -0.2) is 33.5 Å². The Bertz CT molecular complexity index is 600. The first-order chi connectivity index (χ1) is 9.20. The Morgan fingerprint density at radius 2 is 2.15 bits per heavy atom. The highest BCUT2D eigenvalue weighted by Gasteiger charge is 2.33. The van der Waals surface area contributed by atoms with E-state index in [-0.39, 0.29) is 17.5 Å². The summed E-state index contributed by atoms with van der Waals surface area (Å²) < 4.78 is 38.6. The van der Waals surface area contributed by atoms with Crippen molar-refractivity contribution < 1.29 is 17.9 Å². The zero-order valence-corrected chi connectivity index (χ0v) is 14.0. The third-order valence-corrected chi connectivity index (χ3v) is 5.35. The predicted molar refractivity (Wildman–Crippen MR) is 79.0 cm³/mol. The minimum absolute atomic E-state index is 0.187. The smallest absolute Gasteiger partial charge is 0.241 e. The first-order valence-corrected chi connectivity index (χ1v) is 8.55. The van der Waals surface area contributed by atoms with Crippen molar-refractivity contribution in [2.45, 2.75) is 37.6 Å². The highest BCUT2D eigenvalue weighted by molar-refractivity contribution is 9.10. The Morgan fingerprint density at radius 1 is 1.45 bits per heavy atom. The normalized spacial score (nSPS) is 22.1. The van der Waals surface area contributed by atoms with Crippen LogP contribution in [0.5, 0.6) is 0 Å². The number of hydrogen-bond donors (Lipinski definition) is 1. The van der Waals surface area contributed by atoms with Crippen LogP contribution in [0, 0.1) is 6.92 Å². The lowest BCUT2D eigenvalue weighted by molar-refractivity contribution is -0.137. The molecule has 1 aliphatic rings. The van der Waals surface area contributed by atoms with Crippen LogP contribution in [0.15, 0.2) is 27.6 Å². The first-order valence-electron chi connectivity index (χ1n) is 6.27. The minimum atomic E-state index is -3.56. The van der Waals surface area contributed by atoms with Gasteiger partial charge in [-0.05, 0) is 54.4 Å². The maximum atomic E-state index is 12.2. The summed E-state index contributed by atoms with van der Waals surface area (Å²) in [6, 6.07) is 5.11. The van der Waals surface area contributed by atoms with E-state index in [0.29, 0.717) is 11.1 Å². The zero-order chi connectivity index (χ0) is 15.0. The summed E-state index contributed by atoms with van der Waals surface area (Å²) >= 11 is 3.28. The molecule has 1 aliphatic heterocycles. The molecule has 1 heterocycles. The lowest BCUT2D eigenvalue weighted by Gasteiger charge is -2.17. The van der Waals surface area contributed by atoms with E-state index >= 15 is 0 Å². The summed E-state index contributed by atoms with van der Waals surface area (Å²) in [4.78, 5) is 0.223. The fourth-order valence-electron chi connectivity index (χ4n) is 1.97. The lowest BCUT2D eigenvalue weighted by Crippen LogP contribution is -2.34. The largest absolute Gasteiger partial charge is 0.348 e. The fourth-order valence-corrected chi connectivity index (χ4v) is 4.22. The van der Waals surface area contributed by atoms with E-state index in [1.165, 1.54) is 0 Å². The van der Waals surface area contributed by atoms with Gasteiger partial charge in [-0.3, -0.25) is 0 Å². The van der Waals surface area contributed by atoms with E-state index in [9.17, 15) is 8.42 Å². The van der Waals surface area contributed by atoms with Crippen molar-refractivity contribution in [3.8, 4) is 0 Å². The van der Waals surface area contributed by atoms with Crippen molar-refractivity contribution in [1.82, 2.24) is 4.72 Å². The van der Waals surface area contributed by atoms with Gasteiger partial charge in [-0.15, -0.1) is 0 Å². The number of hydrogen-bond acceptors (Lipinski definition) is 4. The van der Waals surface area contributed by atoms with Crippen molar-refractivity contribution in [2.75, 3.05) is 13.2 Å². The number of rotatable bonds is 4. The molecule has 1 aromatic carbocycles. The summed E-state index contributed by atoms with van der Waals surface area (Å²) in [5.74, 6) is -0.652. The molecular formula is C13H18BrNO4S. The average molecular weight is 364 g/mol. The van der Waals surface area contributed by atoms with Crippen molar-refractivity contribution in [3.63, 3.8) is 0 Å². The molecule has 20 heavy (non-hydrogen) atoms. The molecule has 7 heteroatoms. The maximum absolute atomic E-state index is 12.2. The van der Waals surface area contributed by atoms with Gasteiger partial charge in [0, 0.05) is 11.0 Å². The summed E-state index contributed by atoms with van der Waals surface area (Å²) in [6.45, 7) is 6.08. The number of nitrogens with one attached hydrogen (secondary N) is 1. The van der Waals surface area contributed by atoms with Crippen molar-refractivity contribution in [1.29, 1.82) is 0 Å². The Morgan fingerprint density at radius 3 is 2.70 bits per heavy atom. The molecular weight excluding hydrogens is 346 g/mol. The highest BCUT2D eigenvalue weighted by Crippen LogP contribution is 2.24. The van der Waals surface area contributed by atoms with Gasteiger partial charge in [-0.2, -0.15) is 0 Å². The summed E-state index contributed by atoms with van der Waals surface area (Å²) in [7, 11) is -3.56. The molecule has 5 nitrogen and oxygen atoms in total. The Labute approximate surface area is 127 Å². The van der Waals surface area contributed by atoms with Gasteiger partial charge < -0.3 is 9.47 Å². The monoisotopic (exact) mass is 363 g/mol. The fraction of sp³-hybridized carbons (Fsp3) is 0.538. The molecule has 0 radical (unpaired) electrons. The summed E-state index contributed by atoms with van der Waals surface area (Å²) in [5, 5.41) is 0. The Kier molecular flexibility index (Phi) is 4.56. The van der Waals surface area contributed by atoms with Crippen LogP contribution in [-0.2, 0) is 19.5 Å². The summed E-state index contributed by atoms with van der Waals surface area (Å²) in [6.07, 6.45) is -0.274. The maximum Gasteiger partial charge on any atom is 0.241 e. The highest BCUT2D eigenvalue weighted by atomic mass is 79.9. The number of ether oxygens (including phenoxy) is 2. The molecule has 1 atom stereocenters. The molecule has 112 valence electrons. The quantitative estimate of drug-likeness (QED) is 0.890. The van der Waals surface area contributed by atoms with Gasteiger partial charge in [0.2, 0.25) is 10.0 Å². The molecule has 0 amide bonds. The van der Waals surface area contributed by atoms with Gasteiger partial charge in [-0.1, -0.05) is 6.07 Å². The van der Waals surface area contributed by atoms with E-state index in [4.69, 9.17) is 9.47 Å². The van der Waals surface area contributed by atoms with Gasteiger partial charge >= 0.3 is 0 Å². The Balaban J connectivity index is 2.05. The number of sulfonamides is 1. The molecule has 1 fully saturated rings. The standard InChI is InChI=1S/C13H18BrNO4S/c1-9-4-5-12(11(14)6-9)20(16,17)15-7-10-8-18-13(2,3)19-10/h4-6,10,15H,7-8H2,1-3H3. The second-order valence-corrected chi connectivity index (χ2v) is 7.83. The SMILES string of the molecule is Cc1ccc(S(=O)(=O)NCC2COC(C)(C)O2)c(Br)c1. The third kappa shape index (κ3) is 3.79. The second-order valence-electron chi connectivity index (χ2n) is 5.24. The van der Waals surface area contributed by atoms with Crippen LogP contribution in [0.2, 0.25) is 0 Å². The minimum Gasteiger partial charge on any atom is -0.348 e. The van der Waals surface area contributed by atoms with E-state index in [0.717, 1.165) is 5.56 Å². The van der Waals surface area contributed by atoms with E-state index in [2.05, 4.69) is 20.7 Å². The van der Waals surface area contributed by atoms with Crippen LogP contribution >= 0.6 is 15.9 Å². The van der Waals surface area contributed by atoms with Crippen LogP contribution in [0.1, 0.15) is 19.4 Å². The third-order valence-electron chi connectivity index (χ3n) is 2.95. The van der Waals surface area contributed by atoms with Gasteiger partial charge in [0.05, 0.1) is 17.6 Å². The molecule has 2 rings (SSSR count). The molecule has 0 bridgehead atoms. The van der Waals surface area contributed by atoms with Gasteiger partial charge in [-0.25, -0.2) is 13.1 Å². The molecule has 1 aromatic rings. The molecule has 0 aliphatic carbocycles. The van der Waals surface area contributed by atoms with Gasteiger partial charge in [0.25, 0.3) is 0 Å². The van der Waals surface area contributed by atoms with Crippen LogP contribution in [0.25, 0.3) is 0 Å². The predicted octanol–water partition coefficient (Wildman–Crippen LogP) is 2.19. The van der Waals surface area contributed by atoms with Gasteiger partial charge in [0.15, 0.2) is 5.79 Å². The second kappa shape index (κ2) is 5.73. The van der Waals surface area contributed by atoms with Gasteiger partial charge in [0.1, 0.15) is 0 Å². The van der Waals surface area contributed by atoms with Crippen LogP contribution in [0.4, 0.5) is 0 Å². The van der Waals surface area contributed by atoms with Crippen LogP contribution < -0.4 is 4.72 Å². The molecule has 1 unspecified atom stereocenters. The molecule has 0 saturated carbocycles. The number of benzene rings is 1. The van der Waals surface area contributed by atoms with E-state index in [1.807, 2.05) is 6.92 Å².